The molecule has 0 bridgehead atoms. The second-order valence-corrected chi connectivity index (χ2v) is 5.39. The summed E-state index contributed by atoms with van der Waals surface area (Å²) in [5, 5.41) is 6.71. The van der Waals surface area contributed by atoms with E-state index in [9.17, 15) is 14.4 Å². The molecule has 2 N–H and O–H groups in total. The number of carbonyl (C=O) groups is 3. The quantitative estimate of drug-likeness (QED) is 0.429. The monoisotopic (exact) mass is 347 g/mol. The fourth-order valence-electron chi connectivity index (χ4n) is 2.11. The van der Waals surface area contributed by atoms with E-state index in [0.29, 0.717) is 36.4 Å². The SMILES string of the molecule is CCOC(=O)[C@@H](CC)C(C)=NNC(=O)c1ccc(NC(=O)CC)cc1. The van der Waals surface area contributed by atoms with E-state index in [-0.39, 0.29) is 11.9 Å². The van der Waals surface area contributed by atoms with Gasteiger partial charge in [0, 0.05) is 23.4 Å². The van der Waals surface area contributed by atoms with Gasteiger partial charge in [0.1, 0.15) is 0 Å². The molecule has 1 rings (SSSR count). The standard InChI is InChI=1S/C18H25N3O4/c1-5-15(18(24)25-7-3)12(4)20-21-17(23)13-8-10-14(11-9-13)19-16(22)6-2/h8-11,15H,5-7H2,1-4H3,(H,19,22)(H,21,23)/t15-/m0/s1. The van der Waals surface area contributed by atoms with Crippen molar-refractivity contribution in [3.8, 4) is 0 Å². The first-order valence-electron chi connectivity index (χ1n) is 8.33. The molecule has 0 saturated heterocycles. The zero-order valence-electron chi connectivity index (χ0n) is 15.1. The fraction of sp³-hybridized carbons (Fsp3) is 0.444. The first-order valence-corrected chi connectivity index (χ1v) is 8.33. The molecule has 0 fully saturated rings. The van der Waals surface area contributed by atoms with Crippen molar-refractivity contribution >= 4 is 29.2 Å². The van der Waals surface area contributed by atoms with Crippen LogP contribution in [0.2, 0.25) is 0 Å². The molecule has 0 aliphatic carbocycles. The first kappa shape index (κ1) is 20.3. The Bertz CT molecular complexity index is 638. The van der Waals surface area contributed by atoms with Gasteiger partial charge in [-0.2, -0.15) is 5.10 Å². The van der Waals surface area contributed by atoms with Crippen molar-refractivity contribution in [2.45, 2.75) is 40.5 Å². The van der Waals surface area contributed by atoms with Crippen LogP contribution in [-0.4, -0.2) is 30.1 Å². The van der Waals surface area contributed by atoms with Crippen LogP contribution in [0.3, 0.4) is 0 Å². The highest BCUT2D eigenvalue weighted by molar-refractivity contribution is 6.02. The van der Waals surface area contributed by atoms with Crippen LogP contribution in [0.25, 0.3) is 0 Å². The zero-order valence-corrected chi connectivity index (χ0v) is 15.1. The van der Waals surface area contributed by atoms with Crippen LogP contribution >= 0.6 is 0 Å². The second kappa shape index (κ2) is 10.2. The van der Waals surface area contributed by atoms with E-state index in [0.717, 1.165) is 0 Å². The maximum Gasteiger partial charge on any atom is 0.314 e. The Morgan fingerprint density at radius 2 is 1.76 bits per heavy atom. The number of hydrazone groups is 1. The Morgan fingerprint density at radius 3 is 2.28 bits per heavy atom. The van der Waals surface area contributed by atoms with Crippen LogP contribution < -0.4 is 10.7 Å². The zero-order chi connectivity index (χ0) is 18.8. The topological polar surface area (TPSA) is 96.9 Å². The minimum atomic E-state index is -0.480. The molecule has 0 radical (unpaired) electrons. The van der Waals surface area contributed by atoms with Gasteiger partial charge in [-0.3, -0.25) is 14.4 Å². The van der Waals surface area contributed by atoms with Gasteiger partial charge in [0.05, 0.1) is 12.5 Å². The molecular weight excluding hydrogens is 322 g/mol. The number of ether oxygens (including phenoxy) is 1. The van der Waals surface area contributed by atoms with Gasteiger partial charge < -0.3 is 10.1 Å². The third-order valence-electron chi connectivity index (χ3n) is 3.57. The number of esters is 1. The molecule has 25 heavy (non-hydrogen) atoms. The van der Waals surface area contributed by atoms with Gasteiger partial charge in [0.15, 0.2) is 0 Å². The first-order chi connectivity index (χ1) is 11.9. The number of anilines is 1. The molecule has 2 amide bonds. The molecule has 7 heteroatoms. The largest absolute Gasteiger partial charge is 0.465 e. The van der Waals surface area contributed by atoms with Crippen LogP contribution in [0.4, 0.5) is 5.69 Å². The molecule has 0 heterocycles. The smallest absolute Gasteiger partial charge is 0.314 e. The van der Waals surface area contributed by atoms with Crippen molar-refractivity contribution < 1.29 is 19.1 Å². The highest BCUT2D eigenvalue weighted by Crippen LogP contribution is 2.11. The number of rotatable bonds is 8. The van der Waals surface area contributed by atoms with Crippen LogP contribution in [0.1, 0.15) is 50.9 Å². The third kappa shape index (κ3) is 6.37. The van der Waals surface area contributed by atoms with Crippen molar-refractivity contribution in [3.63, 3.8) is 0 Å². The molecular formula is C18H25N3O4. The summed E-state index contributed by atoms with van der Waals surface area (Å²) in [6.07, 6.45) is 0.922. The van der Waals surface area contributed by atoms with E-state index in [2.05, 4.69) is 15.8 Å². The molecule has 1 aromatic rings. The lowest BCUT2D eigenvalue weighted by atomic mass is 10.0. The average molecular weight is 347 g/mol. The molecule has 1 atom stereocenters. The maximum atomic E-state index is 12.1. The number of amides is 2. The molecule has 0 spiro atoms. The highest BCUT2D eigenvalue weighted by Gasteiger charge is 2.21. The summed E-state index contributed by atoms with van der Waals surface area (Å²) in [4.78, 5) is 35.3. The second-order valence-electron chi connectivity index (χ2n) is 5.39. The van der Waals surface area contributed by atoms with Crippen LogP contribution in [0, 0.1) is 5.92 Å². The molecule has 0 aromatic heterocycles. The molecule has 0 aliphatic rings. The predicted molar refractivity (Wildman–Crippen MR) is 96.4 cm³/mol. The van der Waals surface area contributed by atoms with E-state index in [1.165, 1.54) is 0 Å². The summed E-state index contributed by atoms with van der Waals surface area (Å²) in [7, 11) is 0. The van der Waals surface area contributed by atoms with E-state index < -0.39 is 11.8 Å². The van der Waals surface area contributed by atoms with Crippen molar-refractivity contribution in [1.29, 1.82) is 0 Å². The van der Waals surface area contributed by atoms with Crippen LogP contribution in [0.5, 0.6) is 0 Å². The minimum Gasteiger partial charge on any atom is -0.465 e. The summed E-state index contributed by atoms with van der Waals surface area (Å²) in [6.45, 7) is 7.33. The number of carbonyl (C=O) groups excluding carboxylic acids is 3. The summed E-state index contributed by atoms with van der Waals surface area (Å²) in [5.41, 5.74) is 3.94. The minimum absolute atomic E-state index is 0.0954. The Kier molecular flexibility index (Phi) is 8.32. The summed E-state index contributed by atoms with van der Waals surface area (Å²) in [6, 6.07) is 6.47. The van der Waals surface area contributed by atoms with Gasteiger partial charge in [-0.25, -0.2) is 5.43 Å². The molecule has 136 valence electrons. The van der Waals surface area contributed by atoms with E-state index in [1.807, 2.05) is 6.92 Å². The number of nitrogens with zero attached hydrogens (tertiary/aromatic N) is 1. The molecule has 0 unspecified atom stereocenters. The number of benzene rings is 1. The van der Waals surface area contributed by atoms with Crippen molar-refractivity contribution in [2.24, 2.45) is 11.0 Å². The fourth-order valence-corrected chi connectivity index (χ4v) is 2.11. The summed E-state index contributed by atoms with van der Waals surface area (Å²) in [5.74, 6) is -1.32. The lowest BCUT2D eigenvalue weighted by molar-refractivity contribution is -0.145. The molecule has 0 saturated carbocycles. The van der Waals surface area contributed by atoms with Gasteiger partial charge in [-0.05, 0) is 44.5 Å². The Labute approximate surface area is 147 Å². The average Bonchev–Trinajstić information content (AvgIpc) is 2.61. The summed E-state index contributed by atoms with van der Waals surface area (Å²) < 4.78 is 4.99. The van der Waals surface area contributed by atoms with Gasteiger partial charge >= 0.3 is 5.97 Å². The van der Waals surface area contributed by atoms with Crippen molar-refractivity contribution in [3.05, 3.63) is 29.8 Å². The lowest BCUT2D eigenvalue weighted by Gasteiger charge is -2.13. The van der Waals surface area contributed by atoms with Crippen molar-refractivity contribution in [1.82, 2.24) is 5.43 Å². The van der Waals surface area contributed by atoms with Gasteiger partial charge in [0.25, 0.3) is 5.91 Å². The highest BCUT2D eigenvalue weighted by atomic mass is 16.5. The number of hydrogen-bond acceptors (Lipinski definition) is 5. The number of hydrogen-bond donors (Lipinski definition) is 2. The van der Waals surface area contributed by atoms with Crippen LogP contribution in [0.15, 0.2) is 29.4 Å². The van der Waals surface area contributed by atoms with E-state index in [1.54, 1.807) is 45.0 Å². The molecule has 0 aliphatic heterocycles. The molecule has 7 nitrogen and oxygen atoms in total. The van der Waals surface area contributed by atoms with E-state index >= 15 is 0 Å². The van der Waals surface area contributed by atoms with Gasteiger partial charge in [-0.15, -0.1) is 0 Å². The normalized spacial score (nSPS) is 12.2. The third-order valence-corrected chi connectivity index (χ3v) is 3.57. The maximum absolute atomic E-state index is 12.1. The lowest BCUT2D eigenvalue weighted by Crippen LogP contribution is -2.27. The Balaban J connectivity index is 2.71. The summed E-state index contributed by atoms with van der Waals surface area (Å²) >= 11 is 0. The van der Waals surface area contributed by atoms with Crippen molar-refractivity contribution in [2.75, 3.05) is 11.9 Å². The van der Waals surface area contributed by atoms with Gasteiger partial charge in [0.2, 0.25) is 5.91 Å². The Morgan fingerprint density at radius 1 is 1.12 bits per heavy atom. The predicted octanol–water partition coefficient (Wildman–Crippen LogP) is 2.73. The number of nitrogens with one attached hydrogen (secondary N) is 2. The van der Waals surface area contributed by atoms with Crippen LogP contribution in [-0.2, 0) is 14.3 Å². The molecule has 1 aromatic carbocycles. The van der Waals surface area contributed by atoms with E-state index in [4.69, 9.17) is 4.74 Å². The Hall–Kier alpha value is -2.70. The van der Waals surface area contributed by atoms with Gasteiger partial charge in [-0.1, -0.05) is 13.8 Å².